The molecule has 1 atom stereocenters. The average Bonchev–Trinajstić information content (AvgIpc) is 2.39. The standard InChI is InChI=1S/C16H19FN2/c1-3-12-4-6-13(7-5-12)16(19-18)14-8-11(2)9-15(17)10-14/h4-10,16,19H,3,18H2,1-2H3. The second-order valence-corrected chi connectivity index (χ2v) is 4.76. The van der Waals surface area contributed by atoms with E-state index in [0.717, 1.165) is 23.1 Å². The van der Waals surface area contributed by atoms with Crippen molar-refractivity contribution in [3.63, 3.8) is 0 Å². The number of nitrogens with one attached hydrogen (secondary N) is 1. The number of hydrogen-bond donors (Lipinski definition) is 2. The summed E-state index contributed by atoms with van der Waals surface area (Å²) in [5.41, 5.74) is 6.79. The number of halogens is 1. The molecular formula is C16H19FN2. The van der Waals surface area contributed by atoms with E-state index in [1.807, 2.05) is 25.1 Å². The van der Waals surface area contributed by atoms with E-state index in [9.17, 15) is 4.39 Å². The number of nitrogens with two attached hydrogens (primary N) is 1. The molecule has 0 saturated carbocycles. The summed E-state index contributed by atoms with van der Waals surface area (Å²) in [6.45, 7) is 3.99. The summed E-state index contributed by atoms with van der Waals surface area (Å²) in [4.78, 5) is 0. The Kier molecular flexibility index (Phi) is 4.30. The second-order valence-electron chi connectivity index (χ2n) is 4.76. The lowest BCUT2D eigenvalue weighted by Gasteiger charge is -2.18. The van der Waals surface area contributed by atoms with Crippen LogP contribution in [0.1, 0.15) is 35.2 Å². The monoisotopic (exact) mass is 258 g/mol. The smallest absolute Gasteiger partial charge is 0.123 e. The van der Waals surface area contributed by atoms with E-state index in [1.54, 1.807) is 0 Å². The quantitative estimate of drug-likeness (QED) is 0.652. The van der Waals surface area contributed by atoms with Crippen LogP contribution in [0.4, 0.5) is 4.39 Å². The fraction of sp³-hybridized carbons (Fsp3) is 0.250. The predicted molar refractivity (Wildman–Crippen MR) is 76.1 cm³/mol. The summed E-state index contributed by atoms with van der Waals surface area (Å²) in [7, 11) is 0. The molecule has 100 valence electrons. The molecular weight excluding hydrogens is 239 g/mol. The van der Waals surface area contributed by atoms with E-state index in [4.69, 9.17) is 5.84 Å². The Labute approximate surface area is 113 Å². The van der Waals surface area contributed by atoms with Crippen molar-refractivity contribution in [1.29, 1.82) is 0 Å². The molecule has 0 aromatic heterocycles. The highest BCUT2D eigenvalue weighted by Crippen LogP contribution is 2.23. The SMILES string of the molecule is CCc1ccc(C(NN)c2cc(C)cc(F)c2)cc1. The van der Waals surface area contributed by atoms with Crippen LogP contribution in [0.2, 0.25) is 0 Å². The van der Waals surface area contributed by atoms with Gasteiger partial charge in [-0.1, -0.05) is 37.3 Å². The lowest BCUT2D eigenvalue weighted by molar-refractivity contribution is 0.604. The fourth-order valence-electron chi connectivity index (χ4n) is 2.26. The first-order valence-corrected chi connectivity index (χ1v) is 6.46. The van der Waals surface area contributed by atoms with Gasteiger partial charge in [-0.3, -0.25) is 5.84 Å². The van der Waals surface area contributed by atoms with Crippen molar-refractivity contribution in [3.05, 3.63) is 70.5 Å². The molecule has 0 spiro atoms. The molecule has 2 nitrogen and oxygen atoms in total. The molecule has 0 fully saturated rings. The third kappa shape index (κ3) is 3.19. The number of hydrogen-bond acceptors (Lipinski definition) is 2. The summed E-state index contributed by atoms with van der Waals surface area (Å²) in [6.07, 6.45) is 1.00. The molecule has 0 amide bonds. The minimum atomic E-state index is -0.236. The van der Waals surface area contributed by atoms with Gasteiger partial charge in [0.05, 0.1) is 6.04 Å². The zero-order valence-corrected chi connectivity index (χ0v) is 11.3. The lowest BCUT2D eigenvalue weighted by atomic mass is 9.96. The fourth-order valence-corrected chi connectivity index (χ4v) is 2.26. The highest BCUT2D eigenvalue weighted by molar-refractivity contribution is 5.35. The minimum absolute atomic E-state index is 0.194. The third-order valence-corrected chi connectivity index (χ3v) is 3.29. The molecule has 0 heterocycles. The maximum absolute atomic E-state index is 13.5. The molecule has 0 aliphatic carbocycles. The molecule has 0 aliphatic rings. The molecule has 1 unspecified atom stereocenters. The van der Waals surface area contributed by atoms with Crippen molar-refractivity contribution >= 4 is 0 Å². The number of benzene rings is 2. The van der Waals surface area contributed by atoms with Crippen molar-refractivity contribution < 1.29 is 4.39 Å². The second kappa shape index (κ2) is 5.95. The first kappa shape index (κ1) is 13.7. The average molecular weight is 258 g/mol. The van der Waals surface area contributed by atoms with Crippen molar-refractivity contribution in [2.75, 3.05) is 0 Å². The van der Waals surface area contributed by atoms with Crippen LogP contribution in [0.15, 0.2) is 42.5 Å². The van der Waals surface area contributed by atoms with E-state index >= 15 is 0 Å². The normalized spacial score (nSPS) is 12.4. The van der Waals surface area contributed by atoms with E-state index in [0.29, 0.717) is 0 Å². The van der Waals surface area contributed by atoms with Gasteiger partial charge in [0.15, 0.2) is 0 Å². The molecule has 0 bridgehead atoms. The Morgan fingerprint density at radius 1 is 1.11 bits per heavy atom. The molecule has 0 radical (unpaired) electrons. The van der Waals surface area contributed by atoms with Crippen LogP contribution in [-0.4, -0.2) is 0 Å². The molecule has 3 heteroatoms. The number of hydrazine groups is 1. The van der Waals surface area contributed by atoms with Crippen molar-refractivity contribution in [2.45, 2.75) is 26.3 Å². The van der Waals surface area contributed by atoms with Crippen molar-refractivity contribution in [2.24, 2.45) is 5.84 Å². The number of aryl methyl sites for hydroxylation is 2. The summed E-state index contributed by atoms with van der Waals surface area (Å²) < 4.78 is 13.5. The Morgan fingerprint density at radius 2 is 1.79 bits per heavy atom. The van der Waals surface area contributed by atoms with Crippen LogP contribution < -0.4 is 11.3 Å². The Bertz CT molecular complexity index is 529. The van der Waals surface area contributed by atoms with Gasteiger partial charge in [-0.05, 0) is 47.7 Å². The molecule has 0 aliphatic heterocycles. The number of rotatable bonds is 4. The van der Waals surface area contributed by atoms with Gasteiger partial charge in [0, 0.05) is 0 Å². The van der Waals surface area contributed by atoms with Crippen molar-refractivity contribution in [3.8, 4) is 0 Å². The Hall–Kier alpha value is -1.71. The largest absolute Gasteiger partial charge is 0.271 e. The van der Waals surface area contributed by atoms with E-state index < -0.39 is 0 Å². The highest BCUT2D eigenvalue weighted by atomic mass is 19.1. The van der Waals surface area contributed by atoms with Crippen LogP contribution in [0.25, 0.3) is 0 Å². The zero-order chi connectivity index (χ0) is 13.8. The molecule has 3 N–H and O–H groups in total. The summed E-state index contributed by atoms with van der Waals surface area (Å²) in [5, 5.41) is 0. The predicted octanol–water partition coefficient (Wildman–Crippen LogP) is 3.25. The zero-order valence-electron chi connectivity index (χ0n) is 11.3. The Morgan fingerprint density at radius 3 is 2.32 bits per heavy atom. The highest BCUT2D eigenvalue weighted by Gasteiger charge is 2.13. The van der Waals surface area contributed by atoms with Gasteiger partial charge in [-0.25, -0.2) is 9.82 Å². The first-order chi connectivity index (χ1) is 9.13. The van der Waals surface area contributed by atoms with Gasteiger partial charge in [0.2, 0.25) is 0 Å². The minimum Gasteiger partial charge on any atom is -0.271 e. The van der Waals surface area contributed by atoms with Crippen molar-refractivity contribution in [1.82, 2.24) is 5.43 Å². The van der Waals surface area contributed by atoms with Gasteiger partial charge in [0.1, 0.15) is 5.82 Å². The van der Waals surface area contributed by atoms with E-state index in [1.165, 1.54) is 17.7 Å². The summed E-state index contributed by atoms with van der Waals surface area (Å²) in [6, 6.07) is 13.0. The van der Waals surface area contributed by atoms with Gasteiger partial charge in [-0.15, -0.1) is 0 Å². The van der Waals surface area contributed by atoms with Gasteiger partial charge < -0.3 is 0 Å². The van der Waals surface area contributed by atoms with Gasteiger partial charge in [-0.2, -0.15) is 0 Å². The lowest BCUT2D eigenvalue weighted by Crippen LogP contribution is -2.29. The van der Waals surface area contributed by atoms with Gasteiger partial charge >= 0.3 is 0 Å². The molecule has 2 aromatic rings. The molecule has 2 aromatic carbocycles. The maximum Gasteiger partial charge on any atom is 0.123 e. The Balaban J connectivity index is 2.37. The van der Waals surface area contributed by atoms with Crippen LogP contribution in [-0.2, 0) is 6.42 Å². The topological polar surface area (TPSA) is 38.0 Å². The first-order valence-electron chi connectivity index (χ1n) is 6.46. The van der Waals surface area contributed by atoms with Crippen LogP contribution in [0.5, 0.6) is 0 Å². The summed E-state index contributed by atoms with van der Waals surface area (Å²) >= 11 is 0. The van der Waals surface area contributed by atoms with E-state index in [2.05, 4.69) is 24.5 Å². The van der Waals surface area contributed by atoms with E-state index in [-0.39, 0.29) is 11.9 Å². The van der Waals surface area contributed by atoms with Crippen LogP contribution >= 0.6 is 0 Å². The maximum atomic E-state index is 13.5. The van der Waals surface area contributed by atoms with Crippen LogP contribution in [0, 0.1) is 12.7 Å². The molecule has 19 heavy (non-hydrogen) atoms. The third-order valence-electron chi connectivity index (χ3n) is 3.29. The molecule has 0 saturated heterocycles. The molecule has 2 rings (SSSR count). The summed E-state index contributed by atoms with van der Waals surface area (Å²) in [5.74, 6) is 5.40. The van der Waals surface area contributed by atoms with Crippen LogP contribution in [0.3, 0.4) is 0 Å². The van der Waals surface area contributed by atoms with Gasteiger partial charge in [0.25, 0.3) is 0 Å².